The Balaban J connectivity index is 1.83. The smallest absolute Gasteiger partial charge is 0.323 e. The minimum Gasteiger partial charge on any atom is -0.480 e. The van der Waals surface area contributed by atoms with Gasteiger partial charge in [0.2, 0.25) is 0 Å². The highest BCUT2D eigenvalue weighted by Gasteiger charge is 2.37. The standard InChI is InChI=1S/C13H21N3O2/c1-10-6-9-16(15-10)8-3-7-13(2,12(17)18)14-11-4-5-11/h6,9,11,14H,3-5,7-8H2,1-2H3,(H,17,18). The summed E-state index contributed by atoms with van der Waals surface area (Å²) in [7, 11) is 0. The van der Waals surface area contributed by atoms with Crippen molar-refractivity contribution >= 4 is 5.97 Å². The zero-order valence-electron chi connectivity index (χ0n) is 11.0. The molecule has 1 unspecified atom stereocenters. The number of nitrogens with zero attached hydrogens (tertiary/aromatic N) is 2. The Morgan fingerprint density at radius 3 is 2.89 bits per heavy atom. The van der Waals surface area contributed by atoms with Gasteiger partial charge in [-0.1, -0.05) is 0 Å². The molecule has 1 fully saturated rings. The van der Waals surface area contributed by atoms with Gasteiger partial charge < -0.3 is 5.11 Å². The van der Waals surface area contributed by atoms with Gasteiger partial charge in [0.1, 0.15) is 5.54 Å². The topological polar surface area (TPSA) is 67.2 Å². The summed E-state index contributed by atoms with van der Waals surface area (Å²) in [6.07, 6.45) is 5.56. The number of hydrogen-bond donors (Lipinski definition) is 2. The van der Waals surface area contributed by atoms with Crippen LogP contribution in [0.4, 0.5) is 0 Å². The first-order valence-electron chi connectivity index (χ1n) is 6.51. The predicted octanol–water partition coefficient (Wildman–Crippen LogP) is 1.57. The maximum Gasteiger partial charge on any atom is 0.323 e. The third-order valence-electron chi connectivity index (χ3n) is 3.41. The van der Waals surface area contributed by atoms with E-state index in [0.29, 0.717) is 12.5 Å². The van der Waals surface area contributed by atoms with Crippen molar-refractivity contribution in [2.75, 3.05) is 0 Å². The van der Waals surface area contributed by atoms with Crippen LogP contribution in [-0.2, 0) is 11.3 Å². The van der Waals surface area contributed by atoms with Crippen LogP contribution in [0.3, 0.4) is 0 Å². The van der Waals surface area contributed by atoms with Crippen LogP contribution in [0, 0.1) is 6.92 Å². The van der Waals surface area contributed by atoms with Crippen LogP contribution in [0.25, 0.3) is 0 Å². The predicted molar refractivity (Wildman–Crippen MR) is 68.4 cm³/mol. The molecule has 0 aromatic carbocycles. The van der Waals surface area contributed by atoms with Crippen molar-refractivity contribution < 1.29 is 9.90 Å². The second-order valence-corrected chi connectivity index (χ2v) is 5.38. The average molecular weight is 251 g/mol. The molecular formula is C13H21N3O2. The molecule has 1 saturated carbocycles. The fourth-order valence-corrected chi connectivity index (χ4v) is 2.10. The molecule has 0 spiro atoms. The maximum absolute atomic E-state index is 11.3. The molecule has 1 aromatic rings. The van der Waals surface area contributed by atoms with Crippen molar-refractivity contribution in [1.82, 2.24) is 15.1 Å². The molecule has 1 aliphatic rings. The van der Waals surface area contributed by atoms with Crippen molar-refractivity contribution in [3.05, 3.63) is 18.0 Å². The van der Waals surface area contributed by atoms with Crippen LogP contribution in [0.15, 0.2) is 12.3 Å². The molecule has 1 atom stereocenters. The first-order chi connectivity index (χ1) is 8.49. The normalized spacial score (nSPS) is 18.6. The van der Waals surface area contributed by atoms with Crippen LogP contribution >= 0.6 is 0 Å². The molecule has 18 heavy (non-hydrogen) atoms. The van der Waals surface area contributed by atoms with Gasteiger partial charge in [-0.3, -0.25) is 14.8 Å². The summed E-state index contributed by atoms with van der Waals surface area (Å²) in [5, 5.41) is 16.9. The van der Waals surface area contributed by atoms with Gasteiger partial charge in [0, 0.05) is 18.8 Å². The number of nitrogens with one attached hydrogen (secondary N) is 1. The summed E-state index contributed by atoms with van der Waals surface area (Å²) in [4.78, 5) is 11.3. The number of carbonyl (C=O) groups is 1. The highest BCUT2D eigenvalue weighted by Crippen LogP contribution is 2.25. The van der Waals surface area contributed by atoms with Crippen LogP contribution in [-0.4, -0.2) is 32.4 Å². The highest BCUT2D eigenvalue weighted by atomic mass is 16.4. The fourth-order valence-electron chi connectivity index (χ4n) is 2.10. The Morgan fingerprint density at radius 1 is 1.67 bits per heavy atom. The SMILES string of the molecule is Cc1ccn(CCCC(C)(NC2CC2)C(=O)O)n1. The van der Waals surface area contributed by atoms with Crippen LogP contribution in [0.2, 0.25) is 0 Å². The zero-order chi connectivity index (χ0) is 13.2. The Kier molecular flexibility index (Phi) is 3.71. The largest absolute Gasteiger partial charge is 0.480 e. The van der Waals surface area contributed by atoms with Gasteiger partial charge in [0.15, 0.2) is 0 Å². The molecular weight excluding hydrogens is 230 g/mol. The average Bonchev–Trinajstić information content (AvgIpc) is 3.00. The number of aryl methyl sites for hydroxylation is 2. The molecule has 2 rings (SSSR count). The van der Waals surface area contributed by atoms with Gasteiger partial charge in [-0.25, -0.2) is 0 Å². The van der Waals surface area contributed by atoms with E-state index in [1.165, 1.54) is 0 Å². The lowest BCUT2D eigenvalue weighted by molar-refractivity contribution is -0.144. The second-order valence-electron chi connectivity index (χ2n) is 5.38. The molecule has 0 amide bonds. The van der Waals surface area contributed by atoms with E-state index in [0.717, 1.165) is 31.5 Å². The summed E-state index contributed by atoms with van der Waals surface area (Å²) in [5.74, 6) is -0.758. The lowest BCUT2D eigenvalue weighted by Crippen LogP contribution is -2.50. The van der Waals surface area contributed by atoms with Gasteiger partial charge >= 0.3 is 5.97 Å². The van der Waals surface area contributed by atoms with Crippen LogP contribution in [0.1, 0.15) is 38.3 Å². The zero-order valence-corrected chi connectivity index (χ0v) is 11.0. The van der Waals surface area contributed by atoms with E-state index in [4.69, 9.17) is 0 Å². The van der Waals surface area contributed by atoms with Crippen molar-refractivity contribution in [2.24, 2.45) is 0 Å². The molecule has 0 saturated heterocycles. The Morgan fingerprint density at radius 2 is 2.39 bits per heavy atom. The van der Waals surface area contributed by atoms with Crippen molar-refractivity contribution in [1.29, 1.82) is 0 Å². The molecule has 5 heteroatoms. The maximum atomic E-state index is 11.3. The minimum atomic E-state index is -0.802. The monoisotopic (exact) mass is 251 g/mol. The fraction of sp³-hybridized carbons (Fsp3) is 0.692. The third kappa shape index (κ3) is 3.32. The molecule has 2 N–H and O–H groups in total. The Hall–Kier alpha value is -1.36. The number of carboxylic acid groups (broad SMARTS) is 1. The molecule has 100 valence electrons. The molecule has 0 bridgehead atoms. The molecule has 1 heterocycles. The van der Waals surface area contributed by atoms with Crippen LogP contribution in [0.5, 0.6) is 0 Å². The molecule has 0 aliphatic heterocycles. The quantitative estimate of drug-likeness (QED) is 0.772. The number of rotatable bonds is 7. The molecule has 1 aliphatic carbocycles. The first kappa shape index (κ1) is 13.1. The van der Waals surface area contributed by atoms with Crippen molar-refractivity contribution in [2.45, 2.75) is 57.7 Å². The second kappa shape index (κ2) is 5.10. The lowest BCUT2D eigenvalue weighted by atomic mass is 9.95. The van der Waals surface area contributed by atoms with Gasteiger partial charge in [0.25, 0.3) is 0 Å². The van der Waals surface area contributed by atoms with E-state index in [1.54, 1.807) is 6.92 Å². The summed E-state index contributed by atoms with van der Waals surface area (Å²) < 4.78 is 1.87. The van der Waals surface area contributed by atoms with E-state index < -0.39 is 11.5 Å². The van der Waals surface area contributed by atoms with E-state index >= 15 is 0 Å². The molecule has 0 radical (unpaired) electrons. The number of aliphatic carboxylic acids is 1. The van der Waals surface area contributed by atoms with Crippen molar-refractivity contribution in [3.63, 3.8) is 0 Å². The first-order valence-corrected chi connectivity index (χ1v) is 6.51. The molecule has 1 aromatic heterocycles. The number of aromatic nitrogens is 2. The van der Waals surface area contributed by atoms with Gasteiger partial charge in [-0.05, 0) is 45.6 Å². The van der Waals surface area contributed by atoms with Crippen LogP contribution < -0.4 is 5.32 Å². The number of carboxylic acids is 1. The highest BCUT2D eigenvalue weighted by molar-refractivity contribution is 5.78. The molecule has 5 nitrogen and oxygen atoms in total. The number of hydrogen-bond acceptors (Lipinski definition) is 3. The Labute approximate surface area is 107 Å². The lowest BCUT2D eigenvalue weighted by Gasteiger charge is -2.26. The minimum absolute atomic E-state index is 0.401. The van der Waals surface area contributed by atoms with Gasteiger partial charge in [0.05, 0.1) is 5.69 Å². The summed E-state index contributed by atoms with van der Waals surface area (Å²) in [5.41, 5.74) is 0.190. The van der Waals surface area contributed by atoms with E-state index in [1.807, 2.05) is 23.9 Å². The third-order valence-corrected chi connectivity index (χ3v) is 3.41. The van der Waals surface area contributed by atoms with E-state index in [2.05, 4.69) is 10.4 Å². The van der Waals surface area contributed by atoms with E-state index in [-0.39, 0.29) is 0 Å². The summed E-state index contributed by atoms with van der Waals surface area (Å²) in [6, 6.07) is 2.36. The van der Waals surface area contributed by atoms with Gasteiger partial charge in [-0.2, -0.15) is 5.10 Å². The van der Waals surface area contributed by atoms with Gasteiger partial charge in [-0.15, -0.1) is 0 Å². The van der Waals surface area contributed by atoms with E-state index in [9.17, 15) is 9.90 Å². The summed E-state index contributed by atoms with van der Waals surface area (Å²) >= 11 is 0. The Bertz CT molecular complexity index is 426. The van der Waals surface area contributed by atoms with Crippen molar-refractivity contribution in [3.8, 4) is 0 Å². The summed E-state index contributed by atoms with van der Waals surface area (Å²) in [6.45, 7) is 4.50.